The molecule has 0 bridgehead atoms. The molecule has 0 saturated carbocycles. The number of aromatic nitrogens is 1. The molecule has 0 aliphatic carbocycles. The van der Waals surface area contributed by atoms with E-state index in [1.807, 2.05) is 13.8 Å². The summed E-state index contributed by atoms with van der Waals surface area (Å²) in [5, 5.41) is 0. The third-order valence-corrected chi connectivity index (χ3v) is 3.16. The van der Waals surface area contributed by atoms with E-state index in [1.165, 1.54) is 19.3 Å². The van der Waals surface area contributed by atoms with Crippen LogP contribution in [0.1, 0.15) is 36.6 Å². The maximum absolute atomic E-state index is 13.6. The lowest BCUT2D eigenvalue weighted by molar-refractivity contribution is 0.404. The van der Waals surface area contributed by atoms with Gasteiger partial charge in [0.2, 0.25) is 0 Å². The summed E-state index contributed by atoms with van der Waals surface area (Å²) >= 11 is 0. The summed E-state index contributed by atoms with van der Waals surface area (Å²) in [4.78, 5) is 4.30. The molecule has 0 radical (unpaired) electrons. The molecule has 2 nitrogen and oxygen atoms in total. The molecule has 1 aromatic heterocycles. The Bertz CT molecular complexity index is 688. The molecule has 2 rings (SSSR count). The van der Waals surface area contributed by atoms with Gasteiger partial charge in [0.15, 0.2) is 0 Å². The van der Waals surface area contributed by atoms with Gasteiger partial charge in [-0.05, 0) is 23.6 Å². The summed E-state index contributed by atoms with van der Waals surface area (Å²) < 4.78 is 45.2. The second kappa shape index (κ2) is 6.64. The molecule has 116 valence electrons. The van der Waals surface area contributed by atoms with Crippen LogP contribution >= 0.6 is 0 Å². The van der Waals surface area contributed by atoms with Crippen LogP contribution in [0, 0.1) is 17.5 Å². The van der Waals surface area contributed by atoms with E-state index in [0.717, 1.165) is 5.69 Å². The highest BCUT2D eigenvalue weighted by atomic mass is 19.1. The highest BCUT2D eigenvalue weighted by Gasteiger charge is 2.10. The fourth-order valence-electron chi connectivity index (χ4n) is 2.05. The zero-order valence-corrected chi connectivity index (χ0v) is 12.5. The number of hydrogen-bond acceptors (Lipinski definition) is 2. The summed E-state index contributed by atoms with van der Waals surface area (Å²) in [7, 11) is 1.54. The van der Waals surface area contributed by atoms with Gasteiger partial charge < -0.3 is 4.74 Å². The number of pyridine rings is 1. The Balaban J connectivity index is 2.35. The molecule has 0 aliphatic rings. The van der Waals surface area contributed by atoms with Gasteiger partial charge in [-0.2, -0.15) is 0 Å². The van der Waals surface area contributed by atoms with Gasteiger partial charge in [0.05, 0.1) is 12.8 Å². The quantitative estimate of drug-likeness (QED) is 0.809. The van der Waals surface area contributed by atoms with Gasteiger partial charge in [0, 0.05) is 23.9 Å². The first-order valence-corrected chi connectivity index (χ1v) is 6.79. The number of ether oxygens (including phenoxy) is 1. The molecule has 5 heteroatoms. The van der Waals surface area contributed by atoms with Crippen LogP contribution in [0.3, 0.4) is 0 Å². The van der Waals surface area contributed by atoms with Crippen LogP contribution in [-0.2, 0) is 0 Å². The molecule has 0 amide bonds. The Kier molecular flexibility index (Phi) is 4.85. The van der Waals surface area contributed by atoms with Gasteiger partial charge >= 0.3 is 0 Å². The van der Waals surface area contributed by atoms with Gasteiger partial charge in [-0.3, -0.25) is 4.98 Å². The molecule has 0 fully saturated rings. The lowest BCUT2D eigenvalue weighted by atomic mass is 10.1. The fourth-order valence-corrected chi connectivity index (χ4v) is 2.05. The van der Waals surface area contributed by atoms with E-state index in [0.29, 0.717) is 23.4 Å². The van der Waals surface area contributed by atoms with Crippen molar-refractivity contribution in [2.45, 2.75) is 19.8 Å². The normalized spacial score (nSPS) is 11.4. The van der Waals surface area contributed by atoms with E-state index in [1.54, 1.807) is 12.3 Å². The molecule has 1 aromatic carbocycles. The number of hydrogen-bond donors (Lipinski definition) is 0. The van der Waals surface area contributed by atoms with Crippen molar-refractivity contribution in [3.05, 3.63) is 58.7 Å². The van der Waals surface area contributed by atoms with Gasteiger partial charge in [0.1, 0.15) is 23.2 Å². The Morgan fingerprint density at radius 1 is 1.05 bits per heavy atom. The van der Waals surface area contributed by atoms with Crippen molar-refractivity contribution in [2.24, 2.45) is 0 Å². The maximum atomic E-state index is 13.6. The van der Waals surface area contributed by atoms with Crippen LogP contribution in [0.4, 0.5) is 13.2 Å². The summed E-state index contributed by atoms with van der Waals surface area (Å²) in [6.07, 6.45) is 4.34. The van der Waals surface area contributed by atoms with Crippen LogP contribution in [-0.4, -0.2) is 12.1 Å². The predicted octanol–water partition coefficient (Wildman–Crippen LogP) is 4.80. The highest BCUT2D eigenvalue weighted by molar-refractivity contribution is 5.70. The lowest BCUT2D eigenvalue weighted by Crippen LogP contribution is -1.98. The monoisotopic (exact) mass is 307 g/mol. The first-order chi connectivity index (χ1) is 10.4. The molecular weight excluding hydrogens is 291 g/mol. The minimum Gasteiger partial charge on any atom is -0.495 e. The topological polar surface area (TPSA) is 22.1 Å². The second-order valence-electron chi connectivity index (χ2n) is 5.13. The molecular formula is C17H16F3NO. The molecule has 2 aromatic rings. The van der Waals surface area contributed by atoms with Crippen LogP contribution in [0.25, 0.3) is 12.2 Å². The van der Waals surface area contributed by atoms with Crippen molar-refractivity contribution < 1.29 is 17.9 Å². The van der Waals surface area contributed by atoms with Crippen LogP contribution in [0.5, 0.6) is 5.75 Å². The average Bonchev–Trinajstić information content (AvgIpc) is 2.45. The molecule has 22 heavy (non-hydrogen) atoms. The lowest BCUT2D eigenvalue weighted by Gasteiger charge is -2.10. The third-order valence-electron chi connectivity index (χ3n) is 3.16. The van der Waals surface area contributed by atoms with Crippen molar-refractivity contribution in [1.29, 1.82) is 0 Å². The van der Waals surface area contributed by atoms with Crippen molar-refractivity contribution in [3.8, 4) is 5.75 Å². The molecule has 0 aliphatic heterocycles. The van der Waals surface area contributed by atoms with Crippen LogP contribution in [0.2, 0.25) is 0 Å². The minimum atomic E-state index is -0.951. The summed E-state index contributed by atoms with van der Waals surface area (Å²) in [5.74, 6) is -2.05. The van der Waals surface area contributed by atoms with Crippen molar-refractivity contribution in [2.75, 3.05) is 7.11 Å². The van der Waals surface area contributed by atoms with Crippen molar-refractivity contribution in [3.63, 3.8) is 0 Å². The van der Waals surface area contributed by atoms with Gasteiger partial charge in [0.25, 0.3) is 0 Å². The van der Waals surface area contributed by atoms with Gasteiger partial charge in [-0.1, -0.05) is 19.9 Å². The Morgan fingerprint density at radius 3 is 2.23 bits per heavy atom. The third kappa shape index (κ3) is 3.47. The number of nitrogens with zero attached hydrogens (tertiary/aromatic N) is 1. The van der Waals surface area contributed by atoms with Crippen LogP contribution < -0.4 is 4.74 Å². The first kappa shape index (κ1) is 16.1. The van der Waals surface area contributed by atoms with E-state index >= 15 is 0 Å². The van der Waals surface area contributed by atoms with E-state index in [4.69, 9.17) is 4.74 Å². The maximum Gasteiger partial charge on any atom is 0.141 e. The minimum absolute atomic E-state index is 0.194. The fraction of sp³-hybridized carbons (Fsp3) is 0.235. The smallest absolute Gasteiger partial charge is 0.141 e. The number of methoxy groups -OCH3 is 1. The van der Waals surface area contributed by atoms with Gasteiger partial charge in [-0.15, -0.1) is 0 Å². The summed E-state index contributed by atoms with van der Waals surface area (Å²) in [6, 6.07) is 3.02. The number of halogens is 3. The van der Waals surface area contributed by atoms with E-state index < -0.39 is 17.5 Å². The Morgan fingerprint density at radius 2 is 1.68 bits per heavy atom. The van der Waals surface area contributed by atoms with Crippen LogP contribution in [0.15, 0.2) is 24.4 Å². The molecule has 0 atom stereocenters. The number of rotatable bonds is 4. The molecule has 0 unspecified atom stereocenters. The largest absolute Gasteiger partial charge is 0.495 e. The average molecular weight is 307 g/mol. The summed E-state index contributed by atoms with van der Waals surface area (Å²) in [5.41, 5.74) is 1.14. The Hall–Kier alpha value is -2.30. The molecule has 1 heterocycles. The van der Waals surface area contributed by atoms with E-state index in [-0.39, 0.29) is 11.5 Å². The highest BCUT2D eigenvalue weighted by Crippen LogP contribution is 2.26. The van der Waals surface area contributed by atoms with Crippen molar-refractivity contribution >= 4 is 12.2 Å². The molecule has 0 saturated heterocycles. The zero-order valence-electron chi connectivity index (χ0n) is 12.5. The van der Waals surface area contributed by atoms with Gasteiger partial charge in [-0.25, -0.2) is 13.2 Å². The van der Waals surface area contributed by atoms with E-state index in [2.05, 4.69) is 4.98 Å². The Labute approximate surface area is 127 Å². The second-order valence-corrected chi connectivity index (χ2v) is 5.13. The SMILES string of the molecule is COc1cc(/C=C/c2c(F)cc(F)cc2F)cnc1C(C)C. The number of benzene rings is 1. The van der Waals surface area contributed by atoms with E-state index in [9.17, 15) is 13.2 Å². The molecule has 0 N–H and O–H groups in total. The standard InChI is InChI=1S/C17H16F3NO/c1-10(2)17-16(22-3)6-11(9-21-17)4-5-13-14(19)7-12(18)8-15(13)20/h4-10H,1-3H3/b5-4+. The summed E-state index contributed by atoms with van der Waals surface area (Å²) in [6.45, 7) is 3.98. The first-order valence-electron chi connectivity index (χ1n) is 6.79. The predicted molar refractivity (Wildman–Crippen MR) is 80.1 cm³/mol. The zero-order chi connectivity index (χ0) is 16.3. The molecule has 0 spiro atoms. The van der Waals surface area contributed by atoms with Crippen molar-refractivity contribution in [1.82, 2.24) is 4.98 Å².